The molecule has 0 amide bonds. The van der Waals surface area contributed by atoms with Crippen molar-refractivity contribution in [3.8, 4) is 0 Å². The van der Waals surface area contributed by atoms with Crippen molar-refractivity contribution in [1.82, 2.24) is 15.5 Å². The lowest BCUT2D eigenvalue weighted by Gasteiger charge is -2.09. The summed E-state index contributed by atoms with van der Waals surface area (Å²) in [7, 11) is 1.70. The number of nitrogens with zero attached hydrogens (tertiary/aromatic N) is 2. The van der Waals surface area contributed by atoms with E-state index in [0.29, 0.717) is 5.89 Å². The summed E-state index contributed by atoms with van der Waals surface area (Å²) in [5.41, 5.74) is 0. The molecule has 0 bridgehead atoms. The lowest BCUT2D eigenvalue weighted by Crippen LogP contribution is -2.27. The predicted octanol–water partition coefficient (Wildman–Crippen LogP) is 0.545. The van der Waals surface area contributed by atoms with Crippen molar-refractivity contribution in [1.29, 1.82) is 0 Å². The largest absolute Gasteiger partial charge is 0.380 e. The second-order valence-electron chi connectivity index (χ2n) is 3.23. The summed E-state index contributed by atoms with van der Waals surface area (Å²) in [5.74, 6) is 1.37. The summed E-state index contributed by atoms with van der Waals surface area (Å²) < 4.78 is 9.94. The Hall–Kier alpha value is -0.940. The van der Waals surface area contributed by atoms with Gasteiger partial charge in [-0.25, -0.2) is 0 Å². The minimum absolute atomic E-state index is 0.238. The van der Waals surface area contributed by atoms with E-state index in [-0.39, 0.29) is 6.10 Å². The molecule has 0 saturated heterocycles. The van der Waals surface area contributed by atoms with Crippen LogP contribution in [0.5, 0.6) is 0 Å². The first-order valence-corrected chi connectivity index (χ1v) is 4.75. The number of nitrogens with one attached hydrogen (secondary N) is 1. The highest BCUT2D eigenvalue weighted by molar-refractivity contribution is 4.84. The Bertz CT molecular complexity index is 262. The summed E-state index contributed by atoms with van der Waals surface area (Å²) in [5, 5.41) is 7.04. The second kappa shape index (κ2) is 5.72. The molecule has 0 aliphatic heterocycles. The van der Waals surface area contributed by atoms with E-state index in [1.54, 1.807) is 14.0 Å². The molecule has 5 heteroatoms. The number of hydrogen-bond donors (Lipinski definition) is 1. The van der Waals surface area contributed by atoms with Crippen molar-refractivity contribution >= 4 is 0 Å². The molecule has 1 atom stereocenters. The number of aromatic nitrogens is 2. The van der Waals surface area contributed by atoms with Crippen molar-refractivity contribution in [2.24, 2.45) is 0 Å². The molecule has 1 N–H and O–H groups in total. The number of hydrogen-bond acceptors (Lipinski definition) is 5. The Morgan fingerprint density at radius 2 is 2.36 bits per heavy atom. The average molecular weight is 199 g/mol. The molecule has 80 valence electrons. The predicted molar refractivity (Wildman–Crippen MR) is 52.1 cm³/mol. The number of aryl methyl sites for hydroxylation is 1. The third-order valence-corrected chi connectivity index (χ3v) is 1.93. The summed E-state index contributed by atoms with van der Waals surface area (Å²) in [6.07, 6.45) is 1.02. The first-order valence-electron chi connectivity index (χ1n) is 4.75. The highest BCUT2D eigenvalue weighted by atomic mass is 16.5. The van der Waals surface area contributed by atoms with E-state index in [1.165, 1.54) is 0 Å². The molecular weight excluding hydrogens is 182 g/mol. The van der Waals surface area contributed by atoms with Gasteiger partial charge in [-0.1, -0.05) is 5.16 Å². The first kappa shape index (κ1) is 11.1. The van der Waals surface area contributed by atoms with E-state index in [2.05, 4.69) is 15.5 Å². The molecule has 14 heavy (non-hydrogen) atoms. The molecule has 1 rings (SSSR count). The van der Waals surface area contributed by atoms with Crippen LogP contribution in [0.3, 0.4) is 0 Å². The Labute approximate surface area is 83.8 Å². The lowest BCUT2D eigenvalue weighted by molar-refractivity contribution is 0.117. The van der Waals surface area contributed by atoms with Crippen molar-refractivity contribution in [2.75, 3.05) is 20.2 Å². The molecule has 0 radical (unpaired) electrons. The maximum Gasteiger partial charge on any atom is 0.223 e. The van der Waals surface area contributed by atoms with Gasteiger partial charge in [-0.2, -0.15) is 4.98 Å². The van der Waals surface area contributed by atoms with Crippen molar-refractivity contribution in [3.63, 3.8) is 0 Å². The van der Waals surface area contributed by atoms with Gasteiger partial charge in [0.1, 0.15) is 0 Å². The van der Waals surface area contributed by atoms with E-state index in [1.807, 2.05) is 6.92 Å². The molecule has 0 aromatic carbocycles. The fourth-order valence-corrected chi connectivity index (χ4v) is 1.03. The summed E-state index contributed by atoms with van der Waals surface area (Å²) in [6.45, 7) is 5.49. The smallest absolute Gasteiger partial charge is 0.223 e. The van der Waals surface area contributed by atoms with Crippen molar-refractivity contribution in [2.45, 2.75) is 26.4 Å². The molecule has 1 aromatic rings. The van der Waals surface area contributed by atoms with Crippen LogP contribution >= 0.6 is 0 Å². The van der Waals surface area contributed by atoms with Crippen LogP contribution in [0.25, 0.3) is 0 Å². The van der Waals surface area contributed by atoms with Gasteiger partial charge in [-0.05, 0) is 6.92 Å². The van der Waals surface area contributed by atoms with Gasteiger partial charge in [-0.15, -0.1) is 0 Å². The third kappa shape index (κ3) is 3.85. The molecule has 0 aliphatic rings. The van der Waals surface area contributed by atoms with Crippen LogP contribution in [0.15, 0.2) is 4.52 Å². The van der Waals surface area contributed by atoms with Gasteiger partial charge in [0.05, 0.1) is 6.10 Å². The van der Waals surface area contributed by atoms with E-state index in [0.717, 1.165) is 25.3 Å². The van der Waals surface area contributed by atoms with Gasteiger partial charge in [0.15, 0.2) is 5.82 Å². The van der Waals surface area contributed by atoms with Crippen molar-refractivity contribution < 1.29 is 9.26 Å². The number of methoxy groups -OCH3 is 1. The zero-order chi connectivity index (χ0) is 10.4. The maximum atomic E-state index is 5.09. The minimum Gasteiger partial charge on any atom is -0.380 e. The van der Waals surface area contributed by atoms with Crippen LogP contribution in [0.2, 0.25) is 0 Å². The number of rotatable bonds is 6. The van der Waals surface area contributed by atoms with Crippen molar-refractivity contribution in [3.05, 3.63) is 11.7 Å². The van der Waals surface area contributed by atoms with Crippen LogP contribution < -0.4 is 5.32 Å². The fourth-order valence-electron chi connectivity index (χ4n) is 1.03. The van der Waals surface area contributed by atoms with E-state index < -0.39 is 0 Å². The SMILES string of the molecule is COC(C)CNCCc1noc(C)n1. The average Bonchev–Trinajstić information content (AvgIpc) is 2.58. The lowest BCUT2D eigenvalue weighted by atomic mass is 10.3. The Morgan fingerprint density at radius 1 is 1.57 bits per heavy atom. The highest BCUT2D eigenvalue weighted by Gasteiger charge is 2.02. The summed E-state index contributed by atoms with van der Waals surface area (Å²) >= 11 is 0. The molecule has 0 fully saturated rings. The second-order valence-corrected chi connectivity index (χ2v) is 3.23. The fraction of sp³-hybridized carbons (Fsp3) is 0.778. The highest BCUT2D eigenvalue weighted by Crippen LogP contribution is 1.94. The topological polar surface area (TPSA) is 60.2 Å². The molecule has 0 saturated carbocycles. The first-order chi connectivity index (χ1) is 6.72. The van der Waals surface area contributed by atoms with E-state index in [4.69, 9.17) is 9.26 Å². The monoisotopic (exact) mass is 199 g/mol. The molecule has 1 aromatic heterocycles. The number of ether oxygens (including phenoxy) is 1. The zero-order valence-corrected chi connectivity index (χ0v) is 8.91. The standard InChI is InChI=1S/C9H17N3O2/c1-7(13-3)6-10-5-4-9-11-8(2)14-12-9/h7,10H,4-6H2,1-3H3. The molecule has 0 spiro atoms. The van der Waals surface area contributed by atoms with Crippen LogP contribution in [0, 0.1) is 6.92 Å². The van der Waals surface area contributed by atoms with Gasteiger partial charge >= 0.3 is 0 Å². The summed E-state index contributed by atoms with van der Waals surface area (Å²) in [4.78, 5) is 4.10. The maximum absolute atomic E-state index is 5.09. The van der Waals surface area contributed by atoms with Gasteiger partial charge in [0, 0.05) is 33.5 Å². The van der Waals surface area contributed by atoms with Gasteiger partial charge < -0.3 is 14.6 Å². The molecule has 1 unspecified atom stereocenters. The van der Waals surface area contributed by atoms with Crippen LogP contribution in [-0.2, 0) is 11.2 Å². The normalized spacial score (nSPS) is 13.1. The Balaban J connectivity index is 2.10. The molecule has 0 aliphatic carbocycles. The van der Waals surface area contributed by atoms with Gasteiger partial charge in [0.25, 0.3) is 0 Å². The molecule has 1 heterocycles. The Morgan fingerprint density at radius 3 is 2.93 bits per heavy atom. The van der Waals surface area contributed by atoms with E-state index in [9.17, 15) is 0 Å². The van der Waals surface area contributed by atoms with E-state index >= 15 is 0 Å². The van der Waals surface area contributed by atoms with Crippen LogP contribution in [0.4, 0.5) is 0 Å². The zero-order valence-electron chi connectivity index (χ0n) is 8.91. The van der Waals surface area contributed by atoms with Crippen LogP contribution in [0.1, 0.15) is 18.6 Å². The minimum atomic E-state index is 0.238. The third-order valence-electron chi connectivity index (χ3n) is 1.93. The summed E-state index contributed by atoms with van der Waals surface area (Å²) in [6, 6.07) is 0. The quantitative estimate of drug-likeness (QED) is 0.678. The van der Waals surface area contributed by atoms with Gasteiger partial charge in [0.2, 0.25) is 5.89 Å². The molecular formula is C9H17N3O2. The van der Waals surface area contributed by atoms with Crippen LogP contribution in [-0.4, -0.2) is 36.4 Å². The van der Waals surface area contributed by atoms with Gasteiger partial charge in [-0.3, -0.25) is 0 Å². The molecule has 5 nitrogen and oxygen atoms in total. The Kier molecular flexibility index (Phi) is 4.55.